The molecule has 2 rings (SSSR count). The SMILES string of the molecule is CNC(=O)Cc1ccc(NC(=O)NC2CCOCC2)cc1. The van der Waals surface area contributed by atoms with E-state index >= 15 is 0 Å². The number of benzene rings is 1. The molecule has 1 saturated heterocycles. The van der Waals surface area contributed by atoms with E-state index in [-0.39, 0.29) is 18.0 Å². The normalized spacial score (nSPS) is 15.3. The first-order valence-electron chi connectivity index (χ1n) is 7.12. The number of likely N-dealkylation sites (N-methyl/N-ethyl adjacent to an activating group) is 1. The molecule has 1 aliphatic rings. The second kappa shape index (κ2) is 7.64. The third-order valence-electron chi connectivity index (χ3n) is 3.41. The monoisotopic (exact) mass is 291 g/mol. The van der Waals surface area contributed by atoms with Crippen LogP contribution >= 0.6 is 0 Å². The first kappa shape index (κ1) is 15.3. The number of carbonyl (C=O) groups is 2. The molecule has 0 radical (unpaired) electrons. The van der Waals surface area contributed by atoms with Gasteiger partial charge in [0, 0.05) is 32.0 Å². The van der Waals surface area contributed by atoms with Crippen LogP contribution in [0.4, 0.5) is 10.5 Å². The molecule has 6 heteroatoms. The quantitative estimate of drug-likeness (QED) is 0.781. The molecule has 3 N–H and O–H groups in total. The molecule has 0 aliphatic carbocycles. The van der Waals surface area contributed by atoms with Crippen molar-refractivity contribution in [1.29, 1.82) is 0 Å². The first-order valence-corrected chi connectivity index (χ1v) is 7.12. The summed E-state index contributed by atoms with van der Waals surface area (Å²) in [7, 11) is 1.61. The van der Waals surface area contributed by atoms with Crippen LogP contribution in [0.2, 0.25) is 0 Å². The molecule has 114 valence electrons. The van der Waals surface area contributed by atoms with Gasteiger partial charge in [0.1, 0.15) is 0 Å². The number of nitrogens with one attached hydrogen (secondary N) is 3. The Morgan fingerprint density at radius 3 is 2.48 bits per heavy atom. The second-order valence-electron chi connectivity index (χ2n) is 5.03. The third-order valence-corrected chi connectivity index (χ3v) is 3.41. The van der Waals surface area contributed by atoms with E-state index in [0.29, 0.717) is 25.3 Å². The minimum absolute atomic E-state index is 0.0343. The molecule has 21 heavy (non-hydrogen) atoms. The van der Waals surface area contributed by atoms with Gasteiger partial charge in [-0.05, 0) is 30.5 Å². The lowest BCUT2D eigenvalue weighted by Gasteiger charge is -2.23. The molecule has 0 aromatic heterocycles. The number of hydrogen-bond acceptors (Lipinski definition) is 3. The Kier molecular flexibility index (Phi) is 5.57. The Bertz CT molecular complexity index is 481. The maximum absolute atomic E-state index is 11.9. The van der Waals surface area contributed by atoms with Gasteiger partial charge in [0.05, 0.1) is 6.42 Å². The van der Waals surface area contributed by atoms with Gasteiger partial charge in [-0.15, -0.1) is 0 Å². The Balaban J connectivity index is 1.81. The van der Waals surface area contributed by atoms with Crippen LogP contribution in [0.5, 0.6) is 0 Å². The molecule has 0 unspecified atom stereocenters. The molecular weight excluding hydrogens is 270 g/mol. The van der Waals surface area contributed by atoms with Gasteiger partial charge >= 0.3 is 6.03 Å². The van der Waals surface area contributed by atoms with E-state index in [1.54, 1.807) is 19.2 Å². The zero-order chi connectivity index (χ0) is 15.1. The van der Waals surface area contributed by atoms with Crippen molar-refractivity contribution < 1.29 is 14.3 Å². The molecule has 1 heterocycles. The Labute approximate surface area is 124 Å². The van der Waals surface area contributed by atoms with Crippen molar-refractivity contribution in [3.8, 4) is 0 Å². The summed E-state index contributed by atoms with van der Waals surface area (Å²) in [6.07, 6.45) is 2.03. The third kappa shape index (κ3) is 5.07. The van der Waals surface area contributed by atoms with Crippen molar-refractivity contribution >= 4 is 17.6 Å². The van der Waals surface area contributed by atoms with E-state index in [2.05, 4.69) is 16.0 Å². The summed E-state index contributed by atoms with van der Waals surface area (Å²) in [4.78, 5) is 23.1. The summed E-state index contributed by atoms with van der Waals surface area (Å²) < 4.78 is 5.25. The molecule has 0 saturated carbocycles. The van der Waals surface area contributed by atoms with Crippen LogP contribution in [0.25, 0.3) is 0 Å². The van der Waals surface area contributed by atoms with Crippen LogP contribution in [0, 0.1) is 0 Å². The van der Waals surface area contributed by atoms with Crippen LogP contribution in [-0.4, -0.2) is 38.2 Å². The van der Waals surface area contributed by atoms with Crippen molar-refractivity contribution in [2.75, 3.05) is 25.6 Å². The van der Waals surface area contributed by atoms with E-state index in [1.165, 1.54) is 0 Å². The lowest BCUT2D eigenvalue weighted by atomic mass is 10.1. The number of amides is 3. The maximum Gasteiger partial charge on any atom is 0.319 e. The molecule has 0 spiro atoms. The zero-order valence-corrected chi connectivity index (χ0v) is 12.1. The highest BCUT2D eigenvalue weighted by atomic mass is 16.5. The van der Waals surface area contributed by atoms with Crippen molar-refractivity contribution in [3.63, 3.8) is 0 Å². The Morgan fingerprint density at radius 2 is 1.86 bits per heavy atom. The number of rotatable bonds is 4. The predicted molar refractivity (Wildman–Crippen MR) is 80.2 cm³/mol. The van der Waals surface area contributed by atoms with Crippen LogP contribution in [0.3, 0.4) is 0 Å². The first-order chi connectivity index (χ1) is 10.2. The summed E-state index contributed by atoms with van der Waals surface area (Å²) in [5.41, 5.74) is 1.62. The summed E-state index contributed by atoms with van der Waals surface area (Å²) in [5, 5.41) is 8.30. The molecule has 1 aromatic carbocycles. The molecule has 1 aromatic rings. The van der Waals surface area contributed by atoms with Gasteiger partial charge in [0.2, 0.25) is 5.91 Å². The molecule has 0 atom stereocenters. The van der Waals surface area contributed by atoms with E-state index in [1.807, 2.05) is 12.1 Å². The summed E-state index contributed by atoms with van der Waals surface area (Å²) in [5.74, 6) is -0.0343. The van der Waals surface area contributed by atoms with Crippen molar-refractivity contribution in [3.05, 3.63) is 29.8 Å². The van der Waals surface area contributed by atoms with Gasteiger partial charge in [0.25, 0.3) is 0 Å². The molecular formula is C15H21N3O3. The molecule has 1 aliphatic heterocycles. The molecule has 6 nitrogen and oxygen atoms in total. The van der Waals surface area contributed by atoms with Gasteiger partial charge in [-0.2, -0.15) is 0 Å². The van der Waals surface area contributed by atoms with Crippen LogP contribution in [-0.2, 0) is 16.0 Å². The topological polar surface area (TPSA) is 79.5 Å². The number of anilines is 1. The van der Waals surface area contributed by atoms with Gasteiger partial charge in [0.15, 0.2) is 0 Å². The van der Waals surface area contributed by atoms with E-state index in [9.17, 15) is 9.59 Å². The number of ether oxygens (including phenoxy) is 1. The fraction of sp³-hybridized carbons (Fsp3) is 0.467. The highest BCUT2D eigenvalue weighted by Crippen LogP contribution is 2.11. The average molecular weight is 291 g/mol. The van der Waals surface area contributed by atoms with E-state index in [0.717, 1.165) is 18.4 Å². The van der Waals surface area contributed by atoms with Gasteiger partial charge in [-0.3, -0.25) is 4.79 Å². The predicted octanol–water partition coefficient (Wildman–Crippen LogP) is 1.28. The lowest BCUT2D eigenvalue weighted by Crippen LogP contribution is -2.41. The smallest absolute Gasteiger partial charge is 0.319 e. The second-order valence-corrected chi connectivity index (χ2v) is 5.03. The summed E-state index contributed by atoms with van der Waals surface area (Å²) >= 11 is 0. The Hall–Kier alpha value is -2.08. The van der Waals surface area contributed by atoms with Gasteiger partial charge < -0.3 is 20.7 Å². The van der Waals surface area contributed by atoms with Crippen LogP contribution in [0.15, 0.2) is 24.3 Å². The summed E-state index contributed by atoms with van der Waals surface area (Å²) in [6.45, 7) is 1.39. The van der Waals surface area contributed by atoms with E-state index < -0.39 is 0 Å². The fourth-order valence-corrected chi connectivity index (χ4v) is 2.17. The molecule has 3 amide bonds. The highest BCUT2D eigenvalue weighted by Gasteiger charge is 2.15. The lowest BCUT2D eigenvalue weighted by molar-refractivity contribution is -0.119. The van der Waals surface area contributed by atoms with Crippen LogP contribution in [0.1, 0.15) is 18.4 Å². The minimum atomic E-state index is -0.207. The number of carbonyl (C=O) groups excluding carboxylic acids is 2. The van der Waals surface area contributed by atoms with Crippen molar-refractivity contribution in [1.82, 2.24) is 10.6 Å². The molecule has 0 bridgehead atoms. The van der Waals surface area contributed by atoms with E-state index in [4.69, 9.17) is 4.74 Å². The Morgan fingerprint density at radius 1 is 1.19 bits per heavy atom. The standard InChI is InChI=1S/C15H21N3O3/c1-16-14(19)10-11-2-4-12(5-3-11)17-15(20)18-13-6-8-21-9-7-13/h2-5,13H,6-10H2,1H3,(H,16,19)(H2,17,18,20). The van der Waals surface area contributed by atoms with Crippen molar-refractivity contribution in [2.45, 2.75) is 25.3 Å². The largest absolute Gasteiger partial charge is 0.381 e. The summed E-state index contributed by atoms with van der Waals surface area (Å²) in [6, 6.07) is 7.22. The maximum atomic E-state index is 11.9. The number of urea groups is 1. The highest BCUT2D eigenvalue weighted by molar-refractivity contribution is 5.89. The fourth-order valence-electron chi connectivity index (χ4n) is 2.17. The van der Waals surface area contributed by atoms with Gasteiger partial charge in [-0.25, -0.2) is 4.79 Å². The number of hydrogen-bond donors (Lipinski definition) is 3. The van der Waals surface area contributed by atoms with Crippen LogP contribution < -0.4 is 16.0 Å². The minimum Gasteiger partial charge on any atom is -0.381 e. The van der Waals surface area contributed by atoms with Gasteiger partial charge in [-0.1, -0.05) is 12.1 Å². The zero-order valence-electron chi connectivity index (χ0n) is 12.1. The molecule has 1 fully saturated rings. The van der Waals surface area contributed by atoms with Crippen molar-refractivity contribution in [2.24, 2.45) is 0 Å². The average Bonchev–Trinajstić information content (AvgIpc) is 2.50.